The molecule has 158 valence electrons. The third kappa shape index (κ3) is 3.64. The van der Waals surface area contributed by atoms with Crippen LogP contribution in [0.25, 0.3) is 23.0 Å². The van der Waals surface area contributed by atoms with E-state index in [1.807, 2.05) is 35.0 Å². The number of fused-ring (bicyclic) bond motifs is 1. The fraction of sp³-hybridized carbons (Fsp3) is 0.227. The standard InChI is InChI=1S/C22H19FN4O4/c1-28-16-6-3-13(4-7-16)20-11-27-15(12-30-20)10-18(25-27)22-24-21(26-31-22)14-5-8-19(29-2)17(23)9-14/h3-10,20H,11-12H2,1-2H3/t20-/m0/s1. The summed E-state index contributed by atoms with van der Waals surface area (Å²) in [6.07, 6.45) is -0.119. The van der Waals surface area contributed by atoms with Crippen LogP contribution >= 0.6 is 0 Å². The molecule has 9 heteroatoms. The second kappa shape index (κ2) is 7.84. The van der Waals surface area contributed by atoms with Crippen LogP contribution in [0.3, 0.4) is 0 Å². The number of nitrogens with zero attached hydrogens (tertiary/aromatic N) is 4. The summed E-state index contributed by atoms with van der Waals surface area (Å²) in [5.41, 5.74) is 2.99. The molecule has 31 heavy (non-hydrogen) atoms. The van der Waals surface area contributed by atoms with Crippen molar-refractivity contribution in [2.24, 2.45) is 0 Å². The Kier molecular flexibility index (Phi) is 4.87. The van der Waals surface area contributed by atoms with E-state index < -0.39 is 5.82 Å². The van der Waals surface area contributed by atoms with E-state index in [9.17, 15) is 4.39 Å². The molecule has 8 nitrogen and oxygen atoms in total. The zero-order chi connectivity index (χ0) is 21.4. The first-order valence-electron chi connectivity index (χ1n) is 9.65. The Bertz CT molecular complexity index is 1220. The Morgan fingerprint density at radius 3 is 2.65 bits per heavy atom. The Balaban J connectivity index is 1.37. The van der Waals surface area contributed by atoms with Crippen molar-refractivity contribution in [3.05, 3.63) is 65.6 Å². The van der Waals surface area contributed by atoms with Gasteiger partial charge in [-0.1, -0.05) is 17.3 Å². The average molecular weight is 422 g/mol. The summed E-state index contributed by atoms with van der Waals surface area (Å²) in [6.45, 7) is 0.973. The smallest absolute Gasteiger partial charge is 0.278 e. The Morgan fingerprint density at radius 1 is 1.06 bits per heavy atom. The van der Waals surface area contributed by atoms with Crippen LogP contribution in [0.5, 0.6) is 11.5 Å². The fourth-order valence-corrected chi connectivity index (χ4v) is 3.50. The van der Waals surface area contributed by atoms with Gasteiger partial charge in [-0.2, -0.15) is 10.1 Å². The summed E-state index contributed by atoms with van der Waals surface area (Å²) in [4.78, 5) is 4.37. The van der Waals surface area contributed by atoms with Gasteiger partial charge in [0.2, 0.25) is 5.82 Å². The Morgan fingerprint density at radius 2 is 1.90 bits per heavy atom. The van der Waals surface area contributed by atoms with Gasteiger partial charge in [0.15, 0.2) is 17.3 Å². The lowest BCUT2D eigenvalue weighted by molar-refractivity contribution is -0.00115. The first-order chi connectivity index (χ1) is 15.1. The zero-order valence-corrected chi connectivity index (χ0v) is 16.9. The first-order valence-corrected chi connectivity index (χ1v) is 9.65. The summed E-state index contributed by atoms with van der Waals surface area (Å²) in [7, 11) is 3.05. The van der Waals surface area contributed by atoms with E-state index in [0.29, 0.717) is 24.4 Å². The predicted octanol–water partition coefficient (Wildman–Crippen LogP) is 4.03. The molecule has 2 aromatic heterocycles. The summed E-state index contributed by atoms with van der Waals surface area (Å²) >= 11 is 0. The van der Waals surface area contributed by atoms with Gasteiger partial charge in [0.05, 0.1) is 33.1 Å². The lowest BCUT2D eigenvalue weighted by atomic mass is 10.1. The second-order valence-electron chi connectivity index (χ2n) is 7.05. The van der Waals surface area contributed by atoms with Crippen LogP contribution in [0.4, 0.5) is 4.39 Å². The minimum absolute atomic E-state index is 0.119. The minimum Gasteiger partial charge on any atom is -0.497 e. The molecule has 0 saturated carbocycles. The van der Waals surface area contributed by atoms with Gasteiger partial charge in [-0.05, 0) is 42.0 Å². The highest BCUT2D eigenvalue weighted by Gasteiger charge is 2.24. The molecule has 0 saturated heterocycles. The highest BCUT2D eigenvalue weighted by Crippen LogP contribution is 2.30. The number of benzene rings is 2. The largest absolute Gasteiger partial charge is 0.497 e. The lowest BCUT2D eigenvalue weighted by Gasteiger charge is -2.24. The van der Waals surface area contributed by atoms with Gasteiger partial charge < -0.3 is 18.7 Å². The van der Waals surface area contributed by atoms with E-state index in [-0.39, 0.29) is 23.6 Å². The second-order valence-corrected chi connectivity index (χ2v) is 7.05. The van der Waals surface area contributed by atoms with E-state index >= 15 is 0 Å². The summed E-state index contributed by atoms with van der Waals surface area (Å²) < 4.78 is 37.4. The molecule has 0 amide bonds. The first kappa shape index (κ1) is 19.3. The number of halogens is 1. The number of methoxy groups -OCH3 is 2. The normalized spacial score (nSPS) is 15.5. The third-order valence-corrected chi connectivity index (χ3v) is 5.18. The molecular formula is C22H19FN4O4. The van der Waals surface area contributed by atoms with Crippen molar-refractivity contribution in [1.82, 2.24) is 19.9 Å². The number of rotatable bonds is 5. The van der Waals surface area contributed by atoms with Crippen molar-refractivity contribution in [3.63, 3.8) is 0 Å². The molecule has 3 heterocycles. The van der Waals surface area contributed by atoms with Crippen molar-refractivity contribution in [3.8, 4) is 34.5 Å². The van der Waals surface area contributed by atoms with E-state index in [1.54, 1.807) is 13.2 Å². The van der Waals surface area contributed by atoms with Crippen molar-refractivity contribution in [2.75, 3.05) is 14.2 Å². The molecule has 0 aliphatic carbocycles. The maximum atomic E-state index is 14.0. The van der Waals surface area contributed by atoms with Gasteiger partial charge in [0.1, 0.15) is 11.9 Å². The SMILES string of the molecule is COc1ccc([C@@H]2Cn3nc(-c4nc(-c5ccc(OC)c(F)c5)no4)cc3CO2)cc1. The highest BCUT2D eigenvalue weighted by atomic mass is 19.1. The average Bonchev–Trinajstić information content (AvgIpc) is 3.46. The number of hydrogen-bond donors (Lipinski definition) is 0. The molecule has 1 aliphatic rings. The van der Waals surface area contributed by atoms with E-state index in [2.05, 4.69) is 15.2 Å². The predicted molar refractivity (Wildman–Crippen MR) is 108 cm³/mol. The van der Waals surface area contributed by atoms with Gasteiger partial charge in [-0.25, -0.2) is 4.39 Å². The molecule has 1 atom stereocenters. The minimum atomic E-state index is -0.495. The molecule has 1 aliphatic heterocycles. The fourth-order valence-electron chi connectivity index (χ4n) is 3.50. The van der Waals surface area contributed by atoms with E-state index in [4.69, 9.17) is 18.7 Å². The summed E-state index contributed by atoms with van der Waals surface area (Å²) in [5, 5.41) is 8.56. The monoisotopic (exact) mass is 422 g/mol. The van der Waals surface area contributed by atoms with Gasteiger partial charge in [0, 0.05) is 5.56 Å². The van der Waals surface area contributed by atoms with Crippen LogP contribution in [-0.4, -0.2) is 34.1 Å². The molecule has 5 rings (SSSR count). The topological polar surface area (TPSA) is 84.4 Å². The van der Waals surface area contributed by atoms with Crippen LogP contribution in [0.15, 0.2) is 53.1 Å². The molecule has 0 bridgehead atoms. The quantitative estimate of drug-likeness (QED) is 0.480. The lowest BCUT2D eigenvalue weighted by Crippen LogP contribution is -2.21. The van der Waals surface area contributed by atoms with Crippen LogP contribution in [-0.2, 0) is 17.9 Å². The van der Waals surface area contributed by atoms with E-state index in [0.717, 1.165) is 17.0 Å². The van der Waals surface area contributed by atoms with Crippen molar-refractivity contribution in [2.45, 2.75) is 19.3 Å². The molecule has 0 spiro atoms. The maximum Gasteiger partial charge on any atom is 0.278 e. The number of aromatic nitrogens is 4. The number of ether oxygens (including phenoxy) is 3. The molecule has 4 aromatic rings. The third-order valence-electron chi connectivity index (χ3n) is 5.18. The van der Waals surface area contributed by atoms with Gasteiger partial charge in [-0.3, -0.25) is 4.68 Å². The van der Waals surface area contributed by atoms with Crippen molar-refractivity contribution >= 4 is 0 Å². The van der Waals surface area contributed by atoms with E-state index in [1.165, 1.54) is 19.2 Å². The maximum absolute atomic E-state index is 14.0. The summed E-state index contributed by atoms with van der Waals surface area (Å²) in [6, 6.07) is 14.1. The zero-order valence-electron chi connectivity index (χ0n) is 16.9. The molecule has 0 unspecified atom stereocenters. The Labute approximate surface area is 177 Å². The molecule has 2 aromatic carbocycles. The van der Waals surface area contributed by atoms with Crippen molar-refractivity contribution in [1.29, 1.82) is 0 Å². The van der Waals surface area contributed by atoms with Crippen LogP contribution in [0.2, 0.25) is 0 Å². The molecule has 0 N–H and O–H groups in total. The van der Waals surface area contributed by atoms with Gasteiger partial charge in [0.25, 0.3) is 5.89 Å². The Hall–Kier alpha value is -3.72. The van der Waals surface area contributed by atoms with Crippen molar-refractivity contribution < 1.29 is 23.1 Å². The van der Waals surface area contributed by atoms with Crippen LogP contribution in [0.1, 0.15) is 17.4 Å². The molecular weight excluding hydrogens is 403 g/mol. The summed E-state index contributed by atoms with van der Waals surface area (Å²) in [5.74, 6) is 0.987. The van der Waals surface area contributed by atoms with Crippen LogP contribution in [0, 0.1) is 5.82 Å². The number of hydrogen-bond acceptors (Lipinski definition) is 7. The molecule has 0 radical (unpaired) electrons. The van der Waals surface area contributed by atoms with Gasteiger partial charge in [-0.15, -0.1) is 0 Å². The van der Waals surface area contributed by atoms with Gasteiger partial charge >= 0.3 is 0 Å². The highest BCUT2D eigenvalue weighted by molar-refractivity contribution is 5.59. The molecule has 0 fully saturated rings. The van der Waals surface area contributed by atoms with Crippen LogP contribution < -0.4 is 9.47 Å².